The Hall–Kier alpha value is -2.29. The average Bonchev–Trinajstić information content (AvgIpc) is 2.42. The third-order valence-corrected chi connectivity index (χ3v) is 3.11. The zero-order chi connectivity index (χ0) is 13.7. The molecule has 0 radical (unpaired) electrons. The van der Waals surface area contributed by atoms with Crippen LogP contribution in [0.15, 0.2) is 59.4 Å². The number of ether oxygens (including phenoxy) is 1. The van der Waals surface area contributed by atoms with Gasteiger partial charge < -0.3 is 9.84 Å². The lowest BCUT2D eigenvalue weighted by Crippen LogP contribution is -1.96. The highest BCUT2D eigenvalue weighted by Gasteiger charge is 2.06. The highest BCUT2D eigenvalue weighted by Crippen LogP contribution is 2.22. The molecule has 0 saturated carbocycles. The molecule has 0 unspecified atom stereocenters. The Morgan fingerprint density at radius 1 is 1.32 bits per heavy atom. The second kappa shape index (κ2) is 6.05. The van der Waals surface area contributed by atoms with Crippen molar-refractivity contribution in [1.82, 2.24) is 0 Å². The molecule has 0 bridgehead atoms. The van der Waals surface area contributed by atoms with Crippen LogP contribution in [0.25, 0.3) is 0 Å². The second-order valence-corrected chi connectivity index (χ2v) is 4.51. The fourth-order valence-electron chi connectivity index (χ4n) is 2.02. The summed E-state index contributed by atoms with van der Waals surface area (Å²) in [4.78, 5) is 10.2. The van der Waals surface area contributed by atoms with Crippen molar-refractivity contribution in [3.8, 4) is 5.75 Å². The van der Waals surface area contributed by atoms with Crippen LogP contribution in [-0.2, 0) is 16.0 Å². The molecule has 0 heterocycles. The summed E-state index contributed by atoms with van der Waals surface area (Å²) in [7, 11) is 0. The molecule has 1 aliphatic carbocycles. The molecular weight excluding hydrogens is 240 g/mol. The first-order valence-electron chi connectivity index (χ1n) is 6.14. The van der Waals surface area contributed by atoms with E-state index in [9.17, 15) is 9.90 Å². The molecule has 0 atom stereocenters. The van der Waals surface area contributed by atoms with Gasteiger partial charge >= 0.3 is 0 Å². The van der Waals surface area contributed by atoms with E-state index in [-0.39, 0.29) is 5.75 Å². The maximum atomic E-state index is 10.2. The second-order valence-electron chi connectivity index (χ2n) is 4.51. The molecule has 1 N–H and O–H groups in total. The highest BCUT2D eigenvalue weighted by atomic mass is 16.5. The number of phenols is 1. The number of hydrogen-bond acceptors (Lipinski definition) is 3. The van der Waals surface area contributed by atoms with Crippen LogP contribution in [0.1, 0.15) is 18.9 Å². The number of carbonyl (C=O) groups excluding carboxylic acids is 1. The molecule has 0 aromatic heterocycles. The smallest absolute Gasteiger partial charge is 0.298 e. The average molecular weight is 256 g/mol. The van der Waals surface area contributed by atoms with Crippen molar-refractivity contribution in [3.05, 3.63) is 65.0 Å². The first kappa shape index (κ1) is 13.1. The van der Waals surface area contributed by atoms with Crippen LogP contribution in [-0.4, -0.2) is 11.6 Å². The van der Waals surface area contributed by atoms with Gasteiger partial charge in [0.1, 0.15) is 11.5 Å². The topological polar surface area (TPSA) is 46.5 Å². The van der Waals surface area contributed by atoms with Crippen LogP contribution in [0.2, 0.25) is 0 Å². The van der Waals surface area contributed by atoms with Gasteiger partial charge in [0.25, 0.3) is 6.47 Å². The van der Waals surface area contributed by atoms with E-state index in [1.807, 2.05) is 24.3 Å². The number of aromatic hydroxyl groups is 1. The molecule has 0 spiro atoms. The van der Waals surface area contributed by atoms with Gasteiger partial charge in [-0.3, -0.25) is 4.79 Å². The summed E-state index contributed by atoms with van der Waals surface area (Å²) < 4.78 is 4.79. The summed E-state index contributed by atoms with van der Waals surface area (Å²) in [5.41, 5.74) is 3.66. The van der Waals surface area contributed by atoms with Gasteiger partial charge in [-0.15, -0.1) is 0 Å². The Balaban J connectivity index is 2.06. The molecule has 98 valence electrons. The van der Waals surface area contributed by atoms with Gasteiger partial charge in [-0.05, 0) is 55.2 Å². The maximum absolute atomic E-state index is 10.2. The number of rotatable bonds is 4. The molecule has 3 heteroatoms. The van der Waals surface area contributed by atoms with E-state index >= 15 is 0 Å². The number of phenolic OH excluding ortho intramolecular Hbond substituents is 1. The molecule has 0 aliphatic heterocycles. The Bertz CT molecular complexity index is 548. The van der Waals surface area contributed by atoms with Gasteiger partial charge in [-0.1, -0.05) is 23.8 Å². The lowest BCUT2D eigenvalue weighted by molar-refractivity contribution is -0.124. The molecule has 0 saturated heterocycles. The fourth-order valence-corrected chi connectivity index (χ4v) is 2.02. The van der Waals surface area contributed by atoms with E-state index in [4.69, 9.17) is 4.74 Å². The number of carbonyl (C=O) groups is 1. The quantitative estimate of drug-likeness (QED) is 0.841. The monoisotopic (exact) mass is 256 g/mol. The van der Waals surface area contributed by atoms with Gasteiger partial charge in [0, 0.05) is 0 Å². The SMILES string of the molecule is CC(Cc1ccc(O)cc1)=C1C=CC(OC=O)=CC1. The van der Waals surface area contributed by atoms with Crippen molar-refractivity contribution >= 4 is 6.47 Å². The third-order valence-electron chi connectivity index (χ3n) is 3.11. The van der Waals surface area contributed by atoms with Gasteiger partial charge in [0.2, 0.25) is 0 Å². The third kappa shape index (κ3) is 3.58. The van der Waals surface area contributed by atoms with Crippen molar-refractivity contribution in [2.24, 2.45) is 0 Å². The molecule has 19 heavy (non-hydrogen) atoms. The summed E-state index contributed by atoms with van der Waals surface area (Å²) in [5.74, 6) is 0.876. The molecule has 1 aromatic rings. The highest BCUT2D eigenvalue weighted by molar-refractivity contribution is 5.45. The van der Waals surface area contributed by atoms with Gasteiger partial charge in [-0.25, -0.2) is 0 Å². The number of hydrogen-bond donors (Lipinski definition) is 1. The minimum atomic E-state index is 0.283. The molecule has 3 nitrogen and oxygen atoms in total. The van der Waals surface area contributed by atoms with Crippen molar-refractivity contribution in [3.63, 3.8) is 0 Å². The predicted octanol–water partition coefficient (Wildman–Crippen LogP) is 3.27. The summed E-state index contributed by atoms with van der Waals surface area (Å²) >= 11 is 0. The first-order valence-corrected chi connectivity index (χ1v) is 6.14. The Morgan fingerprint density at radius 2 is 2.05 bits per heavy atom. The summed E-state index contributed by atoms with van der Waals surface area (Å²) in [5, 5.41) is 9.25. The van der Waals surface area contributed by atoms with Crippen LogP contribution in [0.3, 0.4) is 0 Å². The van der Waals surface area contributed by atoms with E-state index in [1.54, 1.807) is 18.2 Å². The minimum Gasteiger partial charge on any atom is -0.508 e. The van der Waals surface area contributed by atoms with E-state index < -0.39 is 0 Å². The predicted molar refractivity (Wildman–Crippen MR) is 73.5 cm³/mol. The summed E-state index contributed by atoms with van der Waals surface area (Å²) in [6.07, 6.45) is 7.29. The summed E-state index contributed by atoms with van der Waals surface area (Å²) in [6, 6.07) is 7.23. The van der Waals surface area contributed by atoms with E-state index in [2.05, 4.69) is 6.92 Å². The molecular formula is C16H16O3. The Morgan fingerprint density at radius 3 is 2.63 bits per heavy atom. The van der Waals surface area contributed by atoms with Gasteiger partial charge in [0.05, 0.1) is 0 Å². The molecule has 1 aliphatic rings. The maximum Gasteiger partial charge on any atom is 0.298 e. The zero-order valence-electron chi connectivity index (χ0n) is 10.8. The van der Waals surface area contributed by atoms with Gasteiger partial charge in [-0.2, -0.15) is 0 Å². The van der Waals surface area contributed by atoms with Crippen LogP contribution < -0.4 is 0 Å². The van der Waals surface area contributed by atoms with Crippen LogP contribution in [0, 0.1) is 0 Å². The van der Waals surface area contributed by atoms with Gasteiger partial charge in [0.15, 0.2) is 0 Å². The van der Waals surface area contributed by atoms with Crippen molar-refractivity contribution in [2.45, 2.75) is 19.8 Å². The first-order chi connectivity index (χ1) is 9.19. The molecule has 0 amide bonds. The number of allylic oxidation sites excluding steroid dienone is 5. The number of benzene rings is 1. The lowest BCUT2D eigenvalue weighted by Gasteiger charge is -2.11. The molecule has 1 aromatic carbocycles. The largest absolute Gasteiger partial charge is 0.508 e. The van der Waals surface area contributed by atoms with E-state index in [0.717, 1.165) is 18.4 Å². The summed E-state index contributed by atoms with van der Waals surface area (Å²) in [6.45, 7) is 2.53. The normalized spacial score (nSPS) is 16.8. The Kier molecular flexibility index (Phi) is 4.18. The van der Waals surface area contributed by atoms with Crippen LogP contribution in [0.5, 0.6) is 5.75 Å². The van der Waals surface area contributed by atoms with E-state index in [1.165, 1.54) is 11.1 Å². The van der Waals surface area contributed by atoms with Crippen LogP contribution in [0.4, 0.5) is 0 Å². The van der Waals surface area contributed by atoms with E-state index in [0.29, 0.717) is 12.2 Å². The van der Waals surface area contributed by atoms with Crippen molar-refractivity contribution in [2.75, 3.05) is 0 Å². The fraction of sp³-hybridized carbons (Fsp3) is 0.188. The van der Waals surface area contributed by atoms with Crippen molar-refractivity contribution in [1.29, 1.82) is 0 Å². The Labute approximate surface area is 112 Å². The molecule has 0 fully saturated rings. The van der Waals surface area contributed by atoms with Crippen LogP contribution >= 0.6 is 0 Å². The molecule has 2 rings (SSSR count). The standard InChI is InChI=1S/C16H16O3/c1-12(10-13-2-6-15(18)7-3-13)14-4-8-16(9-5-14)19-11-17/h2-4,6-9,11,18H,5,10H2,1H3. The minimum absolute atomic E-state index is 0.283. The van der Waals surface area contributed by atoms with Crippen molar-refractivity contribution < 1.29 is 14.6 Å². The lowest BCUT2D eigenvalue weighted by atomic mass is 9.96. The zero-order valence-corrected chi connectivity index (χ0v) is 10.8.